The van der Waals surface area contributed by atoms with Gasteiger partial charge in [-0.3, -0.25) is 19.4 Å². The summed E-state index contributed by atoms with van der Waals surface area (Å²) < 4.78 is 4.97. The second kappa shape index (κ2) is 10.7. The van der Waals surface area contributed by atoms with Crippen LogP contribution in [0.3, 0.4) is 0 Å². The molecule has 2 aliphatic heterocycles. The minimum absolute atomic E-state index is 0.0479. The topological polar surface area (TPSA) is 82.2 Å². The van der Waals surface area contributed by atoms with E-state index in [2.05, 4.69) is 15.1 Å². The summed E-state index contributed by atoms with van der Waals surface area (Å²) in [5.74, 6) is -0.389. The van der Waals surface area contributed by atoms with Crippen molar-refractivity contribution in [2.45, 2.75) is 45.3 Å². The highest BCUT2D eigenvalue weighted by Crippen LogP contribution is 2.24. The standard InChI is InChI=1S/C23H34N4O4/c1-4-17(2)24-21(28)15-25-9-11-26(12-10-25)16-22(29)27-14-19-8-6-5-7-18(19)13-20(27)23(30)31-3/h5-8,17,20H,4,9-16H2,1-3H3,(H,24,28)/t17-,20+/m0/s1. The number of amides is 2. The second-order valence-electron chi connectivity index (χ2n) is 8.46. The highest BCUT2D eigenvalue weighted by Gasteiger charge is 2.36. The molecule has 3 rings (SSSR count). The molecule has 2 amide bonds. The van der Waals surface area contributed by atoms with E-state index in [1.54, 1.807) is 4.90 Å². The monoisotopic (exact) mass is 430 g/mol. The molecule has 0 bridgehead atoms. The van der Waals surface area contributed by atoms with Crippen LogP contribution in [0, 0.1) is 0 Å². The van der Waals surface area contributed by atoms with Crippen LogP contribution in [0.2, 0.25) is 0 Å². The third kappa shape index (κ3) is 6.04. The first-order valence-corrected chi connectivity index (χ1v) is 11.1. The molecule has 0 aromatic heterocycles. The third-order valence-electron chi connectivity index (χ3n) is 6.25. The summed E-state index contributed by atoms with van der Waals surface area (Å²) in [6.07, 6.45) is 1.39. The maximum Gasteiger partial charge on any atom is 0.328 e. The first kappa shape index (κ1) is 23.2. The Labute approximate surface area is 184 Å². The van der Waals surface area contributed by atoms with Gasteiger partial charge in [-0.05, 0) is 24.5 Å². The molecule has 0 spiro atoms. The summed E-state index contributed by atoms with van der Waals surface area (Å²) in [6.45, 7) is 8.04. The number of esters is 1. The van der Waals surface area contributed by atoms with Gasteiger partial charge in [0, 0.05) is 45.2 Å². The molecule has 1 aromatic carbocycles. The van der Waals surface area contributed by atoms with Gasteiger partial charge in [-0.15, -0.1) is 0 Å². The van der Waals surface area contributed by atoms with Gasteiger partial charge < -0.3 is 15.0 Å². The van der Waals surface area contributed by atoms with Crippen molar-refractivity contribution in [3.05, 3.63) is 35.4 Å². The molecule has 2 heterocycles. The van der Waals surface area contributed by atoms with Crippen LogP contribution in [0.5, 0.6) is 0 Å². The molecule has 1 N–H and O–H groups in total. The molecule has 1 fully saturated rings. The average Bonchev–Trinajstić information content (AvgIpc) is 2.78. The fraction of sp³-hybridized carbons (Fsp3) is 0.609. The number of rotatable bonds is 7. The summed E-state index contributed by atoms with van der Waals surface area (Å²) in [6, 6.07) is 7.52. The Kier molecular flexibility index (Phi) is 8.03. The van der Waals surface area contributed by atoms with E-state index in [-0.39, 0.29) is 30.4 Å². The molecule has 2 atom stereocenters. The largest absolute Gasteiger partial charge is 0.467 e. The molecule has 1 aromatic rings. The van der Waals surface area contributed by atoms with Crippen molar-refractivity contribution in [1.29, 1.82) is 0 Å². The van der Waals surface area contributed by atoms with Crippen LogP contribution >= 0.6 is 0 Å². The fourth-order valence-electron chi connectivity index (χ4n) is 4.14. The highest BCUT2D eigenvalue weighted by atomic mass is 16.5. The van der Waals surface area contributed by atoms with Crippen molar-refractivity contribution in [3.8, 4) is 0 Å². The Morgan fingerprint density at radius 3 is 2.29 bits per heavy atom. The Bertz CT molecular complexity index is 792. The van der Waals surface area contributed by atoms with Gasteiger partial charge in [0.25, 0.3) is 0 Å². The molecule has 0 unspecified atom stereocenters. The van der Waals surface area contributed by atoms with Gasteiger partial charge in [0.05, 0.1) is 20.2 Å². The lowest BCUT2D eigenvalue weighted by atomic mass is 9.94. The van der Waals surface area contributed by atoms with Crippen molar-refractivity contribution in [3.63, 3.8) is 0 Å². The lowest BCUT2D eigenvalue weighted by molar-refractivity contribution is -0.154. The van der Waals surface area contributed by atoms with E-state index in [1.807, 2.05) is 38.1 Å². The molecule has 0 aliphatic carbocycles. The second-order valence-corrected chi connectivity index (χ2v) is 8.46. The van der Waals surface area contributed by atoms with E-state index < -0.39 is 6.04 Å². The summed E-state index contributed by atoms with van der Waals surface area (Å²) >= 11 is 0. The number of piperazine rings is 1. The van der Waals surface area contributed by atoms with Gasteiger partial charge in [0.15, 0.2) is 0 Å². The van der Waals surface area contributed by atoms with Crippen LogP contribution < -0.4 is 5.32 Å². The number of methoxy groups -OCH3 is 1. The Morgan fingerprint density at radius 1 is 1.06 bits per heavy atom. The van der Waals surface area contributed by atoms with E-state index in [0.717, 1.165) is 43.7 Å². The van der Waals surface area contributed by atoms with Crippen LogP contribution in [0.4, 0.5) is 0 Å². The van der Waals surface area contributed by atoms with Crippen molar-refractivity contribution >= 4 is 17.8 Å². The molecule has 1 saturated heterocycles. The van der Waals surface area contributed by atoms with E-state index in [1.165, 1.54) is 7.11 Å². The van der Waals surface area contributed by atoms with Gasteiger partial charge in [0.2, 0.25) is 11.8 Å². The third-order valence-corrected chi connectivity index (χ3v) is 6.25. The van der Waals surface area contributed by atoms with Crippen molar-refractivity contribution in [2.75, 3.05) is 46.4 Å². The van der Waals surface area contributed by atoms with E-state index in [4.69, 9.17) is 4.74 Å². The summed E-state index contributed by atoms with van der Waals surface area (Å²) in [5.41, 5.74) is 2.17. The quantitative estimate of drug-likeness (QED) is 0.640. The van der Waals surface area contributed by atoms with E-state index in [9.17, 15) is 14.4 Å². The van der Waals surface area contributed by atoms with Gasteiger partial charge >= 0.3 is 5.97 Å². The van der Waals surface area contributed by atoms with Gasteiger partial charge in [-0.2, -0.15) is 0 Å². The van der Waals surface area contributed by atoms with E-state index >= 15 is 0 Å². The number of hydrogen-bond acceptors (Lipinski definition) is 6. The number of carbonyl (C=O) groups is 3. The first-order valence-electron chi connectivity index (χ1n) is 11.1. The van der Waals surface area contributed by atoms with Crippen LogP contribution in [-0.2, 0) is 32.1 Å². The Morgan fingerprint density at radius 2 is 1.68 bits per heavy atom. The number of nitrogens with one attached hydrogen (secondary N) is 1. The zero-order valence-corrected chi connectivity index (χ0v) is 18.8. The van der Waals surface area contributed by atoms with Crippen molar-refractivity contribution < 1.29 is 19.1 Å². The van der Waals surface area contributed by atoms with Crippen molar-refractivity contribution in [1.82, 2.24) is 20.0 Å². The number of hydrogen-bond donors (Lipinski definition) is 1. The Hall–Kier alpha value is -2.45. The average molecular weight is 431 g/mol. The van der Waals surface area contributed by atoms with Crippen LogP contribution in [0.1, 0.15) is 31.4 Å². The Balaban J connectivity index is 1.54. The summed E-state index contributed by atoms with van der Waals surface area (Å²) in [4.78, 5) is 43.4. The normalized spacial score (nSPS) is 20.6. The van der Waals surface area contributed by atoms with Gasteiger partial charge in [0.1, 0.15) is 6.04 Å². The zero-order chi connectivity index (χ0) is 22.4. The molecule has 0 saturated carbocycles. The molecule has 8 nitrogen and oxygen atoms in total. The lowest BCUT2D eigenvalue weighted by Crippen LogP contribution is -2.55. The number of benzene rings is 1. The molecular formula is C23H34N4O4. The number of fused-ring (bicyclic) bond motifs is 1. The molecule has 0 radical (unpaired) electrons. The number of ether oxygens (including phenoxy) is 1. The van der Waals surface area contributed by atoms with Crippen LogP contribution in [0.25, 0.3) is 0 Å². The molecule has 8 heteroatoms. The highest BCUT2D eigenvalue weighted by molar-refractivity contribution is 5.86. The lowest BCUT2D eigenvalue weighted by Gasteiger charge is -2.38. The van der Waals surface area contributed by atoms with Crippen molar-refractivity contribution in [2.24, 2.45) is 0 Å². The fourth-order valence-corrected chi connectivity index (χ4v) is 4.14. The minimum atomic E-state index is -0.585. The predicted octanol–water partition coefficient (Wildman–Crippen LogP) is 0.645. The van der Waals surface area contributed by atoms with Gasteiger partial charge in [-0.25, -0.2) is 4.79 Å². The summed E-state index contributed by atoms with van der Waals surface area (Å²) in [7, 11) is 1.36. The molecule has 170 valence electrons. The maximum atomic E-state index is 13.1. The summed E-state index contributed by atoms with van der Waals surface area (Å²) in [5, 5.41) is 2.99. The maximum absolute atomic E-state index is 13.1. The van der Waals surface area contributed by atoms with Crippen LogP contribution in [0.15, 0.2) is 24.3 Å². The minimum Gasteiger partial charge on any atom is -0.467 e. The first-order chi connectivity index (χ1) is 14.9. The predicted molar refractivity (Wildman–Crippen MR) is 117 cm³/mol. The van der Waals surface area contributed by atoms with E-state index in [0.29, 0.717) is 19.5 Å². The number of nitrogens with zero attached hydrogens (tertiary/aromatic N) is 3. The van der Waals surface area contributed by atoms with Gasteiger partial charge in [-0.1, -0.05) is 31.2 Å². The zero-order valence-electron chi connectivity index (χ0n) is 18.8. The number of carbonyl (C=O) groups excluding carboxylic acids is 3. The molecular weight excluding hydrogens is 396 g/mol. The van der Waals surface area contributed by atoms with Crippen LogP contribution in [-0.4, -0.2) is 90.9 Å². The SMILES string of the molecule is CC[C@H](C)NC(=O)CN1CCN(CC(=O)N2Cc3ccccc3C[C@@H]2C(=O)OC)CC1. The smallest absolute Gasteiger partial charge is 0.328 e. The molecule has 2 aliphatic rings. The molecule has 31 heavy (non-hydrogen) atoms.